The van der Waals surface area contributed by atoms with Gasteiger partial charge in [0.05, 0.1) is 20.9 Å². The van der Waals surface area contributed by atoms with E-state index >= 15 is 0 Å². The Bertz CT molecular complexity index is 176. The van der Waals surface area contributed by atoms with E-state index in [1.165, 1.54) is 0 Å². The summed E-state index contributed by atoms with van der Waals surface area (Å²) in [7, 11) is 0. The van der Waals surface area contributed by atoms with Gasteiger partial charge in [0.15, 0.2) is 0 Å². The predicted octanol–water partition coefficient (Wildman–Crippen LogP) is 2.64. The minimum atomic E-state index is 0.490. The minimum absolute atomic E-state index is 0.490. The van der Waals surface area contributed by atoms with Crippen LogP contribution in [0.5, 0.6) is 0 Å². The second-order valence-electron chi connectivity index (χ2n) is 1.21. The molecule has 0 fully saturated rings. The van der Waals surface area contributed by atoms with Crippen LogP contribution in [0.3, 0.4) is 0 Å². The molecule has 44 valence electrons. The highest BCUT2D eigenvalue weighted by atomic mass is 79.9. The van der Waals surface area contributed by atoms with E-state index < -0.39 is 0 Å². The Morgan fingerprint density at radius 3 is 2.88 bits per heavy atom. The normalized spacial score (nSPS) is 9.75. The van der Waals surface area contributed by atoms with E-state index in [4.69, 9.17) is 11.6 Å². The van der Waals surface area contributed by atoms with E-state index in [1.807, 2.05) is 0 Å². The molecule has 0 aliphatic rings. The summed E-state index contributed by atoms with van der Waals surface area (Å²) in [6.45, 7) is 0. The summed E-state index contributed by atoms with van der Waals surface area (Å²) in [6.07, 6.45) is 0. The molecule has 0 N–H and O–H groups in total. The fourth-order valence-electron chi connectivity index (χ4n) is 0.342. The van der Waals surface area contributed by atoms with Gasteiger partial charge in [-0.15, -0.1) is 22.9 Å². The van der Waals surface area contributed by atoms with Gasteiger partial charge in [-0.3, -0.25) is 0 Å². The van der Waals surface area contributed by atoms with Crippen LogP contribution in [0.2, 0.25) is 0 Å². The molecule has 4 heteroatoms. The number of hydrogen-bond acceptors (Lipinski definition) is 2. The molecule has 0 spiro atoms. The highest BCUT2D eigenvalue weighted by molar-refractivity contribution is 9.11. The van der Waals surface area contributed by atoms with Crippen LogP contribution in [-0.2, 0) is 5.88 Å². The second-order valence-corrected chi connectivity index (χ2v) is 3.65. The molecule has 0 aliphatic heterocycles. The van der Waals surface area contributed by atoms with E-state index in [1.54, 1.807) is 16.8 Å². The fourth-order valence-corrected chi connectivity index (χ4v) is 1.81. The van der Waals surface area contributed by atoms with E-state index in [0.29, 0.717) is 5.88 Å². The molecule has 0 saturated heterocycles. The minimum Gasteiger partial charge on any atom is -0.247 e. The molecule has 0 bridgehead atoms. The molecule has 1 heterocycles. The maximum absolute atomic E-state index is 5.49. The molecule has 0 aliphatic carbocycles. The molecule has 1 nitrogen and oxygen atoms in total. The van der Waals surface area contributed by atoms with Crippen LogP contribution in [0.1, 0.15) is 5.69 Å². The summed E-state index contributed by atoms with van der Waals surface area (Å²) in [5, 5.41) is 0. The standard InChI is InChI=1S/C4H3BrClNS/c5-4-3(1-6)7-2-8-4/h2H,1H2. The topological polar surface area (TPSA) is 12.9 Å². The summed E-state index contributed by atoms with van der Waals surface area (Å²) < 4.78 is 1.03. The smallest absolute Gasteiger partial charge is 0.0941 e. The molecule has 0 unspecified atom stereocenters. The lowest BCUT2D eigenvalue weighted by Crippen LogP contribution is -1.73. The van der Waals surface area contributed by atoms with Crippen molar-refractivity contribution in [3.05, 3.63) is 15.0 Å². The first-order valence-electron chi connectivity index (χ1n) is 1.98. The summed E-state index contributed by atoms with van der Waals surface area (Å²) in [5.41, 5.74) is 2.69. The molecule has 0 atom stereocenters. The first-order chi connectivity index (χ1) is 3.84. The van der Waals surface area contributed by atoms with Gasteiger partial charge in [-0.1, -0.05) is 0 Å². The monoisotopic (exact) mass is 211 g/mol. The predicted molar refractivity (Wildman–Crippen MR) is 39.4 cm³/mol. The average molecular weight is 212 g/mol. The molecular formula is C4H3BrClNS. The van der Waals surface area contributed by atoms with Crippen molar-refractivity contribution in [3.63, 3.8) is 0 Å². The van der Waals surface area contributed by atoms with Gasteiger partial charge in [-0.25, -0.2) is 4.98 Å². The van der Waals surface area contributed by atoms with E-state index in [0.717, 1.165) is 9.48 Å². The van der Waals surface area contributed by atoms with Gasteiger partial charge in [0, 0.05) is 0 Å². The zero-order valence-corrected chi connectivity index (χ0v) is 7.05. The van der Waals surface area contributed by atoms with Gasteiger partial charge < -0.3 is 0 Å². The summed E-state index contributed by atoms with van der Waals surface area (Å²) >= 11 is 10.3. The van der Waals surface area contributed by atoms with Gasteiger partial charge in [0.1, 0.15) is 0 Å². The molecule has 8 heavy (non-hydrogen) atoms. The Balaban J connectivity index is 2.92. The van der Waals surface area contributed by atoms with Crippen molar-refractivity contribution in [1.29, 1.82) is 0 Å². The Morgan fingerprint density at radius 2 is 2.62 bits per heavy atom. The lowest BCUT2D eigenvalue weighted by Gasteiger charge is -1.82. The molecule has 0 saturated carbocycles. The van der Waals surface area contributed by atoms with Crippen molar-refractivity contribution in [2.75, 3.05) is 0 Å². The fraction of sp³-hybridized carbons (Fsp3) is 0.250. The molecule has 0 aromatic carbocycles. The summed E-state index contributed by atoms with van der Waals surface area (Å²) in [6, 6.07) is 0. The van der Waals surface area contributed by atoms with Crippen LogP contribution in [0.15, 0.2) is 9.30 Å². The average Bonchev–Trinajstić information content (AvgIpc) is 2.14. The van der Waals surface area contributed by atoms with Crippen LogP contribution in [0.25, 0.3) is 0 Å². The molecule has 1 rings (SSSR count). The van der Waals surface area contributed by atoms with Crippen molar-refractivity contribution in [1.82, 2.24) is 4.98 Å². The largest absolute Gasteiger partial charge is 0.247 e. The Labute approximate surface area is 64.8 Å². The number of thiazole rings is 1. The third-order valence-electron chi connectivity index (χ3n) is 0.718. The third kappa shape index (κ3) is 1.21. The number of alkyl halides is 1. The van der Waals surface area contributed by atoms with E-state index in [-0.39, 0.29) is 0 Å². The van der Waals surface area contributed by atoms with Crippen LogP contribution in [-0.4, -0.2) is 4.98 Å². The van der Waals surface area contributed by atoms with Gasteiger partial charge in [-0.05, 0) is 15.9 Å². The van der Waals surface area contributed by atoms with Crippen molar-refractivity contribution in [3.8, 4) is 0 Å². The van der Waals surface area contributed by atoms with Gasteiger partial charge >= 0.3 is 0 Å². The van der Waals surface area contributed by atoms with Crippen molar-refractivity contribution >= 4 is 38.9 Å². The first-order valence-corrected chi connectivity index (χ1v) is 4.19. The number of hydrogen-bond donors (Lipinski definition) is 0. The maximum Gasteiger partial charge on any atom is 0.0941 e. The zero-order chi connectivity index (χ0) is 5.98. The van der Waals surface area contributed by atoms with Crippen molar-refractivity contribution in [2.24, 2.45) is 0 Å². The quantitative estimate of drug-likeness (QED) is 0.652. The number of rotatable bonds is 1. The van der Waals surface area contributed by atoms with Crippen LogP contribution >= 0.6 is 38.9 Å². The molecule has 0 radical (unpaired) electrons. The number of nitrogens with zero attached hydrogens (tertiary/aromatic N) is 1. The SMILES string of the molecule is ClCc1ncsc1Br. The zero-order valence-electron chi connectivity index (χ0n) is 3.90. The second kappa shape index (κ2) is 2.80. The van der Waals surface area contributed by atoms with Crippen molar-refractivity contribution < 1.29 is 0 Å². The summed E-state index contributed by atoms with van der Waals surface area (Å²) in [4.78, 5) is 3.97. The van der Waals surface area contributed by atoms with Gasteiger partial charge in [0.2, 0.25) is 0 Å². The van der Waals surface area contributed by atoms with Crippen LogP contribution < -0.4 is 0 Å². The lowest BCUT2D eigenvalue weighted by molar-refractivity contribution is 1.22. The Morgan fingerprint density at radius 1 is 1.88 bits per heavy atom. The lowest BCUT2D eigenvalue weighted by atomic mass is 10.6. The van der Waals surface area contributed by atoms with Crippen LogP contribution in [0, 0.1) is 0 Å². The molecule has 0 amide bonds. The third-order valence-corrected chi connectivity index (χ3v) is 2.64. The van der Waals surface area contributed by atoms with E-state index in [2.05, 4.69) is 20.9 Å². The van der Waals surface area contributed by atoms with Gasteiger partial charge in [-0.2, -0.15) is 0 Å². The van der Waals surface area contributed by atoms with E-state index in [9.17, 15) is 0 Å². The van der Waals surface area contributed by atoms with Crippen LogP contribution in [0.4, 0.5) is 0 Å². The maximum atomic E-state index is 5.49. The molecule has 1 aromatic heterocycles. The number of aromatic nitrogens is 1. The molecule has 1 aromatic rings. The number of halogens is 2. The highest BCUT2D eigenvalue weighted by Crippen LogP contribution is 2.21. The Hall–Kier alpha value is 0.400. The molecular weight excluding hydrogens is 209 g/mol. The van der Waals surface area contributed by atoms with Crippen molar-refractivity contribution in [2.45, 2.75) is 5.88 Å². The van der Waals surface area contributed by atoms with Gasteiger partial charge in [0.25, 0.3) is 0 Å². The first kappa shape index (κ1) is 6.52. The Kier molecular flexibility index (Phi) is 2.28. The highest BCUT2D eigenvalue weighted by Gasteiger charge is 1.97. The summed E-state index contributed by atoms with van der Waals surface area (Å²) in [5.74, 6) is 0.490.